The van der Waals surface area contributed by atoms with Gasteiger partial charge in [0.05, 0.1) is 45.2 Å². The number of nitrogens with one attached hydrogen (secondary N) is 1. The van der Waals surface area contributed by atoms with Gasteiger partial charge in [-0.15, -0.1) is 0 Å². The molecule has 3 atom stereocenters. The van der Waals surface area contributed by atoms with Crippen LogP contribution in [0.1, 0.15) is 126 Å². The average Bonchev–Trinajstić information content (AvgIpc) is 3.11. The summed E-state index contributed by atoms with van der Waals surface area (Å²) in [6.45, 7) is 4.81. The van der Waals surface area contributed by atoms with Gasteiger partial charge in [0.15, 0.2) is 0 Å². The highest BCUT2D eigenvalue weighted by atomic mass is 19.1. The van der Waals surface area contributed by atoms with E-state index in [4.69, 9.17) is 0 Å². The highest BCUT2D eigenvalue weighted by molar-refractivity contribution is 6.03. The Balaban J connectivity index is 1.21. The number of rotatable bonds is 23. The van der Waals surface area contributed by atoms with Crippen molar-refractivity contribution in [3.8, 4) is 0 Å². The molecule has 0 aliphatic carbocycles. The number of benzene rings is 3. The SMILES string of the molecule is CCCCCCCCCCCC[N+](C)(C)CCCC(=O)NCc1ccc(C2C(CCC(O)c3ccc(F)cc3)C(=O)N2c2ccc(F)cc2)cc1. The molecule has 8 heteroatoms. The van der Waals surface area contributed by atoms with Crippen LogP contribution in [0.25, 0.3) is 0 Å². The Morgan fingerprint density at radius 2 is 1.33 bits per heavy atom. The number of anilines is 1. The Morgan fingerprint density at radius 3 is 1.94 bits per heavy atom. The number of aliphatic hydroxyl groups is 1. The molecule has 4 rings (SSSR count). The maximum absolute atomic E-state index is 13.7. The van der Waals surface area contributed by atoms with Crippen molar-refractivity contribution in [3.63, 3.8) is 0 Å². The van der Waals surface area contributed by atoms with E-state index in [0.717, 1.165) is 35.1 Å². The summed E-state index contributed by atoms with van der Waals surface area (Å²) in [5, 5.41) is 13.8. The standard InChI is InChI=1S/C43H59F2N3O3/c1-4-5-6-7-8-9-10-11-12-13-30-48(2,3)31-14-15-41(50)46-32-33-16-18-35(19-17-33)42-39(28-29-40(49)34-20-22-36(44)23-21-34)43(51)47(42)38-26-24-37(45)25-27-38/h16-27,39-40,42,49H,4-15,28-32H2,1-3H3/p+1. The molecule has 1 saturated heterocycles. The van der Waals surface area contributed by atoms with Crippen molar-refractivity contribution in [2.75, 3.05) is 32.1 Å². The maximum Gasteiger partial charge on any atom is 0.233 e. The Kier molecular flexibility index (Phi) is 16.1. The molecule has 0 spiro atoms. The zero-order valence-electron chi connectivity index (χ0n) is 31.1. The van der Waals surface area contributed by atoms with Crippen LogP contribution >= 0.6 is 0 Å². The summed E-state index contributed by atoms with van der Waals surface area (Å²) in [4.78, 5) is 27.8. The molecule has 3 aromatic carbocycles. The Morgan fingerprint density at radius 1 is 0.784 bits per heavy atom. The first kappa shape index (κ1) is 40.2. The van der Waals surface area contributed by atoms with E-state index in [1.807, 2.05) is 24.3 Å². The van der Waals surface area contributed by atoms with Crippen LogP contribution in [0.5, 0.6) is 0 Å². The Labute approximate surface area is 304 Å². The molecule has 2 amide bonds. The number of nitrogens with zero attached hydrogens (tertiary/aromatic N) is 2. The highest BCUT2D eigenvalue weighted by Gasteiger charge is 2.48. The number of hydrogen-bond acceptors (Lipinski definition) is 3. The average molecular weight is 705 g/mol. The quantitative estimate of drug-likeness (QED) is 0.0587. The predicted molar refractivity (Wildman–Crippen MR) is 202 cm³/mol. The molecule has 1 aliphatic rings. The van der Waals surface area contributed by atoms with Crippen molar-refractivity contribution in [1.82, 2.24) is 5.32 Å². The van der Waals surface area contributed by atoms with E-state index in [1.54, 1.807) is 29.2 Å². The molecule has 3 aromatic rings. The van der Waals surface area contributed by atoms with E-state index in [2.05, 4.69) is 26.3 Å². The molecule has 1 aliphatic heterocycles. The van der Waals surface area contributed by atoms with Gasteiger partial charge in [-0.25, -0.2) is 8.78 Å². The summed E-state index contributed by atoms with van der Waals surface area (Å²) in [6, 6.07) is 19.3. The second-order valence-electron chi connectivity index (χ2n) is 15.1. The largest absolute Gasteiger partial charge is 0.388 e. The number of β-lactam (4-membered cyclic amide) rings is 1. The smallest absolute Gasteiger partial charge is 0.233 e. The molecule has 51 heavy (non-hydrogen) atoms. The summed E-state index contributed by atoms with van der Waals surface area (Å²) < 4.78 is 28.0. The molecule has 0 aromatic heterocycles. The van der Waals surface area contributed by atoms with Crippen LogP contribution in [-0.4, -0.2) is 48.6 Å². The zero-order valence-corrected chi connectivity index (χ0v) is 31.1. The van der Waals surface area contributed by atoms with Crippen molar-refractivity contribution < 1.29 is 28.0 Å². The number of aliphatic hydroxyl groups excluding tert-OH is 1. The number of hydrogen-bond donors (Lipinski definition) is 2. The minimum atomic E-state index is -0.820. The normalized spacial score (nSPS) is 16.6. The van der Waals surface area contributed by atoms with Crippen LogP contribution in [-0.2, 0) is 16.1 Å². The number of unbranched alkanes of at least 4 members (excludes halogenated alkanes) is 9. The fourth-order valence-corrected chi connectivity index (χ4v) is 7.22. The fraction of sp³-hybridized carbons (Fsp3) is 0.535. The molecule has 3 unspecified atom stereocenters. The molecule has 0 bridgehead atoms. The van der Waals surface area contributed by atoms with Gasteiger partial charge in [-0.1, -0.05) is 94.7 Å². The third-order valence-corrected chi connectivity index (χ3v) is 10.4. The molecule has 6 nitrogen and oxygen atoms in total. The highest BCUT2D eigenvalue weighted by Crippen LogP contribution is 2.46. The van der Waals surface area contributed by atoms with Gasteiger partial charge in [0, 0.05) is 25.1 Å². The fourth-order valence-electron chi connectivity index (χ4n) is 7.22. The summed E-state index contributed by atoms with van der Waals surface area (Å²) in [5.74, 6) is -1.15. The molecule has 0 radical (unpaired) electrons. The van der Waals surface area contributed by atoms with Gasteiger partial charge in [-0.05, 0) is 78.8 Å². The van der Waals surface area contributed by atoms with Gasteiger partial charge in [0.1, 0.15) is 11.6 Å². The van der Waals surface area contributed by atoms with E-state index in [0.29, 0.717) is 37.1 Å². The van der Waals surface area contributed by atoms with Gasteiger partial charge < -0.3 is 19.8 Å². The lowest BCUT2D eigenvalue weighted by molar-refractivity contribution is -0.890. The Hall–Kier alpha value is -3.62. The maximum atomic E-state index is 13.7. The first-order valence-electron chi connectivity index (χ1n) is 19.3. The number of halogens is 2. The Bertz CT molecular complexity index is 1480. The van der Waals surface area contributed by atoms with E-state index >= 15 is 0 Å². The van der Waals surface area contributed by atoms with Gasteiger partial charge >= 0.3 is 0 Å². The van der Waals surface area contributed by atoms with Crippen LogP contribution in [0.3, 0.4) is 0 Å². The third-order valence-electron chi connectivity index (χ3n) is 10.4. The number of quaternary nitrogens is 1. The number of carbonyl (C=O) groups excluding carboxylic acids is 2. The van der Waals surface area contributed by atoms with E-state index in [9.17, 15) is 23.5 Å². The van der Waals surface area contributed by atoms with Gasteiger partial charge in [0.25, 0.3) is 0 Å². The summed E-state index contributed by atoms with van der Waals surface area (Å²) in [7, 11) is 4.52. The molecular weight excluding hydrogens is 644 g/mol. The monoisotopic (exact) mass is 704 g/mol. The molecule has 0 saturated carbocycles. The lowest BCUT2D eigenvalue weighted by Crippen LogP contribution is -2.55. The lowest BCUT2D eigenvalue weighted by Gasteiger charge is -2.48. The summed E-state index contributed by atoms with van der Waals surface area (Å²) in [5.41, 5.74) is 3.11. The van der Waals surface area contributed by atoms with E-state index in [1.165, 1.54) is 88.5 Å². The molecule has 2 N–H and O–H groups in total. The number of amides is 2. The van der Waals surface area contributed by atoms with Crippen molar-refractivity contribution in [2.45, 2.75) is 116 Å². The minimum absolute atomic E-state index is 0.0462. The van der Waals surface area contributed by atoms with Crippen molar-refractivity contribution in [1.29, 1.82) is 0 Å². The zero-order chi connectivity index (χ0) is 36.6. The first-order chi connectivity index (χ1) is 24.6. The van der Waals surface area contributed by atoms with Gasteiger partial charge in [-0.2, -0.15) is 0 Å². The second kappa shape index (κ2) is 20.4. The van der Waals surface area contributed by atoms with Crippen molar-refractivity contribution in [2.24, 2.45) is 5.92 Å². The molecule has 278 valence electrons. The van der Waals surface area contributed by atoms with Crippen LogP contribution in [0, 0.1) is 17.6 Å². The summed E-state index contributed by atoms with van der Waals surface area (Å²) >= 11 is 0. The van der Waals surface area contributed by atoms with Crippen molar-refractivity contribution in [3.05, 3.63) is 101 Å². The van der Waals surface area contributed by atoms with Crippen molar-refractivity contribution >= 4 is 17.5 Å². The molecule has 1 heterocycles. The van der Waals surface area contributed by atoms with E-state index in [-0.39, 0.29) is 35.4 Å². The van der Waals surface area contributed by atoms with Crippen LogP contribution in [0.15, 0.2) is 72.8 Å². The van der Waals surface area contributed by atoms with Crippen LogP contribution in [0.2, 0.25) is 0 Å². The van der Waals surface area contributed by atoms with Crippen LogP contribution in [0.4, 0.5) is 14.5 Å². The summed E-state index contributed by atoms with van der Waals surface area (Å²) in [6.07, 6.45) is 14.7. The molecular formula is C43H60F2N3O3+. The van der Waals surface area contributed by atoms with Gasteiger partial charge in [-0.3, -0.25) is 9.59 Å². The van der Waals surface area contributed by atoms with Gasteiger partial charge in [0.2, 0.25) is 11.8 Å². The second-order valence-corrected chi connectivity index (χ2v) is 15.1. The number of carbonyl (C=O) groups is 2. The third kappa shape index (κ3) is 12.8. The predicted octanol–water partition coefficient (Wildman–Crippen LogP) is 9.58. The molecule has 1 fully saturated rings. The first-order valence-corrected chi connectivity index (χ1v) is 19.3. The lowest BCUT2D eigenvalue weighted by atomic mass is 9.78. The van der Waals surface area contributed by atoms with E-state index < -0.39 is 6.10 Å². The van der Waals surface area contributed by atoms with Crippen LogP contribution < -0.4 is 10.2 Å². The topological polar surface area (TPSA) is 69.6 Å². The minimum Gasteiger partial charge on any atom is -0.388 e.